The highest BCUT2D eigenvalue weighted by Crippen LogP contribution is 2.27. The van der Waals surface area contributed by atoms with Crippen LogP contribution in [0.3, 0.4) is 0 Å². The second kappa shape index (κ2) is 6.93. The van der Waals surface area contributed by atoms with E-state index in [1.54, 1.807) is 0 Å². The molecular formula is C19H23NO2. The van der Waals surface area contributed by atoms with Crippen LogP contribution in [0, 0.1) is 5.92 Å². The third kappa shape index (κ3) is 3.30. The standard InChI is InChI=1S/C19H23NO2/c21-18(12-13-20-19(22)15-7-1-2-8-15)17-11-5-9-14-6-3-4-10-16(14)17/h3-6,9-11,15,18,21H,1-2,7-8,12-13H2,(H,20,22). The molecule has 2 aromatic rings. The highest BCUT2D eigenvalue weighted by atomic mass is 16.3. The Bertz CT molecular complexity index is 641. The minimum absolute atomic E-state index is 0.155. The Balaban J connectivity index is 1.59. The van der Waals surface area contributed by atoms with E-state index in [1.165, 1.54) is 0 Å². The van der Waals surface area contributed by atoms with Gasteiger partial charge in [0.05, 0.1) is 6.10 Å². The summed E-state index contributed by atoms with van der Waals surface area (Å²) < 4.78 is 0. The minimum atomic E-state index is -0.546. The highest BCUT2D eigenvalue weighted by molar-refractivity contribution is 5.86. The van der Waals surface area contributed by atoms with Gasteiger partial charge in [-0.25, -0.2) is 0 Å². The molecule has 1 unspecified atom stereocenters. The van der Waals surface area contributed by atoms with Crippen molar-refractivity contribution in [2.45, 2.75) is 38.2 Å². The number of aliphatic hydroxyl groups excluding tert-OH is 1. The molecular weight excluding hydrogens is 274 g/mol. The molecule has 3 heteroatoms. The van der Waals surface area contributed by atoms with Crippen LogP contribution in [-0.2, 0) is 4.79 Å². The molecule has 1 amide bonds. The van der Waals surface area contributed by atoms with Crippen LogP contribution in [0.1, 0.15) is 43.8 Å². The summed E-state index contributed by atoms with van der Waals surface area (Å²) >= 11 is 0. The van der Waals surface area contributed by atoms with Crippen LogP contribution < -0.4 is 5.32 Å². The van der Waals surface area contributed by atoms with Crippen LogP contribution in [-0.4, -0.2) is 17.6 Å². The number of nitrogens with one attached hydrogen (secondary N) is 1. The number of benzene rings is 2. The van der Waals surface area contributed by atoms with Crippen molar-refractivity contribution in [1.82, 2.24) is 5.32 Å². The fourth-order valence-electron chi connectivity index (χ4n) is 3.36. The molecule has 0 radical (unpaired) electrons. The molecule has 116 valence electrons. The van der Waals surface area contributed by atoms with Gasteiger partial charge >= 0.3 is 0 Å². The van der Waals surface area contributed by atoms with Crippen molar-refractivity contribution in [3.63, 3.8) is 0 Å². The lowest BCUT2D eigenvalue weighted by Crippen LogP contribution is -2.30. The summed E-state index contributed by atoms with van der Waals surface area (Å²) in [5.74, 6) is 0.345. The van der Waals surface area contributed by atoms with Gasteiger partial charge in [0.25, 0.3) is 0 Å². The zero-order valence-electron chi connectivity index (χ0n) is 12.8. The van der Waals surface area contributed by atoms with Gasteiger partial charge in [0.15, 0.2) is 0 Å². The van der Waals surface area contributed by atoms with Crippen molar-refractivity contribution in [2.75, 3.05) is 6.54 Å². The molecule has 3 nitrogen and oxygen atoms in total. The Morgan fingerprint density at radius 1 is 1.14 bits per heavy atom. The van der Waals surface area contributed by atoms with E-state index in [-0.39, 0.29) is 11.8 Å². The van der Waals surface area contributed by atoms with Gasteiger partial charge in [0.2, 0.25) is 5.91 Å². The Labute approximate surface area is 131 Å². The van der Waals surface area contributed by atoms with Crippen molar-refractivity contribution in [2.24, 2.45) is 5.92 Å². The summed E-state index contributed by atoms with van der Waals surface area (Å²) in [6, 6.07) is 14.1. The van der Waals surface area contributed by atoms with E-state index >= 15 is 0 Å². The van der Waals surface area contributed by atoms with Crippen LogP contribution in [0.4, 0.5) is 0 Å². The molecule has 1 saturated carbocycles. The molecule has 0 aromatic heterocycles. The average Bonchev–Trinajstić information content (AvgIpc) is 3.08. The van der Waals surface area contributed by atoms with Crippen LogP contribution in [0.25, 0.3) is 10.8 Å². The Morgan fingerprint density at radius 2 is 1.86 bits per heavy atom. The molecule has 1 aliphatic rings. The SMILES string of the molecule is O=C(NCCC(O)c1cccc2ccccc12)C1CCCC1. The second-order valence-corrected chi connectivity index (χ2v) is 6.15. The summed E-state index contributed by atoms with van der Waals surface area (Å²) in [6.45, 7) is 0.528. The molecule has 0 heterocycles. The van der Waals surface area contributed by atoms with E-state index in [1.807, 2.05) is 42.5 Å². The van der Waals surface area contributed by atoms with Gasteiger partial charge < -0.3 is 10.4 Å². The first-order chi connectivity index (χ1) is 10.8. The van der Waals surface area contributed by atoms with E-state index in [0.717, 1.165) is 42.0 Å². The van der Waals surface area contributed by atoms with Crippen LogP contribution >= 0.6 is 0 Å². The quantitative estimate of drug-likeness (QED) is 0.886. The number of fused-ring (bicyclic) bond motifs is 1. The number of carbonyl (C=O) groups is 1. The van der Waals surface area contributed by atoms with Crippen molar-refractivity contribution >= 4 is 16.7 Å². The lowest BCUT2D eigenvalue weighted by molar-refractivity contribution is -0.124. The van der Waals surface area contributed by atoms with Gasteiger partial charge in [-0.3, -0.25) is 4.79 Å². The Kier molecular flexibility index (Phi) is 4.74. The van der Waals surface area contributed by atoms with Crippen LogP contribution in [0.2, 0.25) is 0 Å². The largest absolute Gasteiger partial charge is 0.388 e. The molecule has 0 aliphatic heterocycles. The van der Waals surface area contributed by atoms with Gasteiger partial charge in [0, 0.05) is 12.5 Å². The highest BCUT2D eigenvalue weighted by Gasteiger charge is 2.22. The number of rotatable bonds is 5. The first-order valence-corrected chi connectivity index (χ1v) is 8.19. The fraction of sp³-hybridized carbons (Fsp3) is 0.421. The van der Waals surface area contributed by atoms with Gasteiger partial charge in [-0.1, -0.05) is 55.3 Å². The fourth-order valence-corrected chi connectivity index (χ4v) is 3.36. The van der Waals surface area contributed by atoms with Crippen LogP contribution in [0.5, 0.6) is 0 Å². The van der Waals surface area contributed by atoms with E-state index in [9.17, 15) is 9.90 Å². The topological polar surface area (TPSA) is 49.3 Å². The molecule has 0 saturated heterocycles. The monoisotopic (exact) mass is 297 g/mol. The molecule has 22 heavy (non-hydrogen) atoms. The van der Waals surface area contributed by atoms with Crippen molar-refractivity contribution in [1.29, 1.82) is 0 Å². The van der Waals surface area contributed by atoms with Crippen LogP contribution in [0.15, 0.2) is 42.5 Å². The summed E-state index contributed by atoms with van der Waals surface area (Å²) in [7, 11) is 0. The molecule has 2 N–H and O–H groups in total. The molecule has 2 aromatic carbocycles. The first-order valence-electron chi connectivity index (χ1n) is 8.19. The third-order valence-electron chi connectivity index (χ3n) is 4.63. The third-order valence-corrected chi connectivity index (χ3v) is 4.63. The van der Waals surface area contributed by atoms with Crippen molar-refractivity contribution < 1.29 is 9.90 Å². The summed E-state index contributed by atoms with van der Waals surface area (Å²) in [4.78, 5) is 12.0. The maximum absolute atomic E-state index is 12.0. The Morgan fingerprint density at radius 3 is 2.68 bits per heavy atom. The molecule has 1 aliphatic carbocycles. The number of hydrogen-bond acceptors (Lipinski definition) is 2. The van der Waals surface area contributed by atoms with Crippen molar-refractivity contribution in [3.8, 4) is 0 Å². The lowest BCUT2D eigenvalue weighted by atomic mass is 9.98. The zero-order chi connectivity index (χ0) is 15.4. The van der Waals surface area contributed by atoms with E-state index in [2.05, 4.69) is 5.32 Å². The van der Waals surface area contributed by atoms with Gasteiger partial charge in [-0.15, -0.1) is 0 Å². The normalized spacial score (nSPS) is 16.8. The van der Waals surface area contributed by atoms with E-state index in [4.69, 9.17) is 0 Å². The summed E-state index contributed by atoms with van der Waals surface area (Å²) in [5.41, 5.74) is 0.938. The maximum Gasteiger partial charge on any atom is 0.223 e. The van der Waals surface area contributed by atoms with Gasteiger partial charge in [0.1, 0.15) is 0 Å². The summed E-state index contributed by atoms with van der Waals surface area (Å²) in [5, 5.41) is 15.6. The van der Waals surface area contributed by atoms with Crippen molar-refractivity contribution in [3.05, 3.63) is 48.0 Å². The summed E-state index contributed by atoms with van der Waals surface area (Å²) in [6.07, 6.45) is 4.35. The molecule has 1 atom stereocenters. The lowest BCUT2D eigenvalue weighted by Gasteiger charge is -2.15. The number of aliphatic hydroxyl groups is 1. The molecule has 3 rings (SSSR count). The number of hydrogen-bond donors (Lipinski definition) is 2. The maximum atomic E-state index is 12.0. The predicted octanol–water partition coefficient (Wildman–Crippen LogP) is 3.57. The smallest absolute Gasteiger partial charge is 0.223 e. The van der Waals surface area contributed by atoms with E-state index in [0.29, 0.717) is 13.0 Å². The van der Waals surface area contributed by atoms with Gasteiger partial charge in [-0.05, 0) is 35.6 Å². The minimum Gasteiger partial charge on any atom is -0.388 e. The zero-order valence-corrected chi connectivity index (χ0v) is 12.8. The Hall–Kier alpha value is -1.87. The molecule has 1 fully saturated rings. The first kappa shape index (κ1) is 15.0. The molecule has 0 bridgehead atoms. The predicted molar refractivity (Wildman–Crippen MR) is 88.5 cm³/mol. The number of carbonyl (C=O) groups excluding carboxylic acids is 1. The number of amides is 1. The molecule has 0 spiro atoms. The average molecular weight is 297 g/mol. The van der Waals surface area contributed by atoms with E-state index < -0.39 is 6.10 Å². The second-order valence-electron chi connectivity index (χ2n) is 6.15. The van der Waals surface area contributed by atoms with Gasteiger partial charge in [-0.2, -0.15) is 0 Å².